The van der Waals surface area contributed by atoms with Gasteiger partial charge in [-0.25, -0.2) is 0 Å². The summed E-state index contributed by atoms with van der Waals surface area (Å²) in [5, 5.41) is 0. The van der Waals surface area contributed by atoms with Crippen LogP contribution in [-0.4, -0.2) is 36.1 Å². The quantitative estimate of drug-likeness (QED) is 0.730. The van der Waals surface area contributed by atoms with Crippen molar-refractivity contribution in [2.75, 3.05) is 19.6 Å². The minimum absolute atomic E-state index is 0.130. The van der Waals surface area contributed by atoms with Crippen molar-refractivity contribution in [3.8, 4) is 0 Å². The molecule has 0 saturated carbocycles. The van der Waals surface area contributed by atoms with Crippen LogP contribution in [0.15, 0.2) is 0 Å². The molecule has 1 fully saturated rings. The van der Waals surface area contributed by atoms with E-state index in [1.165, 1.54) is 0 Å². The van der Waals surface area contributed by atoms with Crippen LogP contribution in [0.4, 0.5) is 0 Å². The van der Waals surface area contributed by atoms with Crippen molar-refractivity contribution < 1.29 is 9.59 Å². The van der Waals surface area contributed by atoms with E-state index in [9.17, 15) is 9.59 Å². The average molecular weight is 253 g/mol. The highest BCUT2D eigenvalue weighted by Crippen LogP contribution is 2.22. The Kier molecular flexibility index (Phi) is 6.00. The standard InChI is InChI=1S/C15H27NO2/c1-11(2)14(17)9-13-5-7-16(8-6-13)10-15(18)12(3)4/h11-13H,5-10H2,1-4H3. The Bertz CT molecular complexity index is 259. The summed E-state index contributed by atoms with van der Waals surface area (Å²) < 4.78 is 0. The van der Waals surface area contributed by atoms with Gasteiger partial charge in [-0.15, -0.1) is 0 Å². The SMILES string of the molecule is CC(C)C(=O)CC1CCN(CC(=O)C(C)C)CC1. The first-order valence-electron chi connectivity index (χ1n) is 7.18. The molecule has 104 valence electrons. The van der Waals surface area contributed by atoms with Gasteiger partial charge in [-0.2, -0.15) is 0 Å². The van der Waals surface area contributed by atoms with Crippen molar-refractivity contribution in [2.45, 2.75) is 47.0 Å². The number of hydrogen-bond donors (Lipinski definition) is 0. The molecule has 18 heavy (non-hydrogen) atoms. The highest BCUT2D eigenvalue weighted by Gasteiger charge is 2.23. The molecule has 0 N–H and O–H groups in total. The second kappa shape index (κ2) is 7.03. The third kappa shape index (κ3) is 4.89. The summed E-state index contributed by atoms with van der Waals surface area (Å²) in [6.07, 6.45) is 2.84. The maximum atomic E-state index is 11.7. The lowest BCUT2D eigenvalue weighted by molar-refractivity contribution is -0.125. The zero-order valence-electron chi connectivity index (χ0n) is 12.2. The molecule has 1 aliphatic heterocycles. The fraction of sp³-hybridized carbons (Fsp3) is 0.867. The van der Waals surface area contributed by atoms with Gasteiger partial charge in [0, 0.05) is 18.3 Å². The molecule has 1 rings (SSSR count). The van der Waals surface area contributed by atoms with Crippen molar-refractivity contribution >= 4 is 11.6 Å². The van der Waals surface area contributed by atoms with Gasteiger partial charge in [0.15, 0.2) is 0 Å². The molecular weight excluding hydrogens is 226 g/mol. The molecular formula is C15H27NO2. The van der Waals surface area contributed by atoms with Crippen molar-refractivity contribution in [3.63, 3.8) is 0 Å². The number of Topliss-reactive ketones (excluding diaryl/α,β-unsaturated/α-hetero) is 2. The predicted octanol–water partition coefficient (Wildman–Crippen LogP) is 2.54. The van der Waals surface area contributed by atoms with E-state index in [0.717, 1.165) is 32.4 Å². The average Bonchev–Trinajstić information content (AvgIpc) is 2.31. The number of hydrogen-bond acceptors (Lipinski definition) is 3. The van der Waals surface area contributed by atoms with Crippen molar-refractivity contribution in [1.82, 2.24) is 4.90 Å². The molecule has 0 amide bonds. The van der Waals surface area contributed by atoms with Gasteiger partial charge in [0.1, 0.15) is 11.6 Å². The molecule has 1 aliphatic rings. The van der Waals surface area contributed by atoms with Gasteiger partial charge < -0.3 is 0 Å². The molecule has 0 aliphatic carbocycles. The van der Waals surface area contributed by atoms with Gasteiger partial charge in [-0.3, -0.25) is 14.5 Å². The normalized spacial score (nSPS) is 18.6. The second-order valence-electron chi connectivity index (χ2n) is 6.17. The molecule has 3 nitrogen and oxygen atoms in total. The van der Waals surface area contributed by atoms with Gasteiger partial charge in [0.05, 0.1) is 6.54 Å². The molecule has 3 heteroatoms. The molecule has 0 atom stereocenters. The first-order valence-corrected chi connectivity index (χ1v) is 7.18. The lowest BCUT2D eigenvalue weighted by Crippen LogP contribution is -2.39. The van der Waals surface area contributed by atoms with Gasteiger partial charge in [0.2, 0.25) is 0 Å². The Balaban J connectivity index is 2.28. The Labute approximate surface area is 111 Å². The van der Waals surface area contributed by atoms with Crippen LogP contribution in [-0.2, 0) is 9.59 Å². The van der Waals surface area contributed by atoms with Gasteiger partial charge in [-0.05, 0) is 31.8 Å². The van der Waals surface area contributed by atoms with Crippen LogP contribution in [0.1, 0.15) is 47.0 Å². The number of carbonyl (C=O) groups is 2. The second-order valence-corrected chi connectivity index (χ2v) is 6.17. The molecule has 0 aromatic heterocycles. The molecule has 0 bridgehead atoms. The summed E-state index contributed by atoms with van der Waals surface area (Å²) in [6.45, 7) is 10.4. The number of ketones is 2. The third-order valence-corrected chi connectivity index (χ3v) is 3.86. The van der Waals surface area contributed by atoms with Gasteiger partial charge >= 0.3 is 0 Å². The summed E-state index contributed by atoms with van der Waals surface area (Å²) in [4.78, 5) is 25.6. The Hall–Kier alpha value is -0.700. The summed E-state index contributed by atoms with van der Waals surface area (Å²) in [5.41, 5.74) is 0. The van der Waals surface area contributed by atoms with Crippen LogP contribution in [0, 0.1) is 17.8 Å². The highest BCUT2D eigenvalue weighted by molar-refractivity contribution is 5.82. The van der Waals surface area contributed by atoms with Crippen LogP contribution in [0.5, 0.6) is 0 Å². The van der Waals surface area contributed by atoms with Crippen molar-refractivity contribution in [3.05, 3.63) is 0 Å². The van der Waals surface area contributed by atoms with E-state index in [1.807, 2.05) is 27.7 Å². The van der Waals surface area contributed by atoms with Gasteiger partial charge in [-0.1, -0.05) is 27.7 Å². The van der Waals surface area contributed by atoms with Crippen LogP contribution in [0.3, 0.4) is 0 Å². The molecule has 0 radical (unpaired) electrons. The molecule has 1 heterocycles. The summed E-state index contributed by atoms with van der Waals surface area (Å²) in [7, 11) is 0. The zero-order chi connectivity index (χ0) is 13.7. The monoisotopic (exact) mass is 253 g/mol. The maximum absolute atomic E-state index is 11.7. The number of piperidine rings is 1. The van der Waals surface area contributed by atoms with Crippen LogP contribution >= 0.6 is 0 Å². The van der Waals surface area contributed by atoms with Crippen LogP contribution < -0.4 is 0 Å². The lowest BCUT2D eigenvalue weighted by Gasteiger charge is -2.31. The number of nitrogens with zero attached hydrogens (tertiary/aromatic N) is 1. The lowest BCUT2D eigenvalue weighted by atomic mass is 9.88. The molecule has 1 saturated heterocycles. The van der Waals surface area contributed by atoms with Crippen LogP contribution in [0.2, 0.25) is 0 Å². The third-order valence-electron chi connectivity index (χ3n) is 3.86. The maximum Gasteiger partial charge on any atom is 0.149 e. The summed E-state index contributed by atoms with van der Waals surface area (Å²) in [6, 6.07) is 0. The minimum atomic E-state index is 0.130. The number of rotatable bonds is 6. The fourth-order valence-corrected chi connectivity index (χ4v) is 2.27. The number of carbonyl (C=O) groups excluding carboxylic acids is 2. The van der Waals surface area contributed by atoms with E-state index in [2.05, 4.69) is 4.90 Å². The summed E-state index contributed by atoms with van der Waals surface area (Å²) in [5.74, 6) is 1.53. The van der Waals surface area contributed by atoms with E-state index in [-0.39, 0.29) is 11.8 Å². The number of likely N-dealkylation sites (tertiary alicyclic amines) is 1. The smallest absolute Gasteiger partial charge is 0.149 e. The van der Waals surface area contributed by atoms with Gasteiger partial charge in [0.25, 0.3) is 0 Å². The molecule has 0 aromatic carbocycles. The molecule has 0 spiro atoms. The van der Waals surface area contributed by atoms with Crippen molar-refractivity contribution in [2.24, 2.45) is 17.8 Å². The highest BCUT2D eigenvalue weighted by atomic mass is 16.1. The first kappa shape index (κ1) is 15.4. The predicted molar refractivity (Wildman–Crippen MR) is 73.5 cm³/mol. The summed E-state index contributed by atoms with van der Waals surface area (Å²) >= 11 is 0. The first-order chi connectivity index (χ1) is 8.40. The van der Waals surface area contributed by atoms with Crippen molar-refractivity contribution in [1.29, 1.82) is 0 Å². The van der Waals surface area contributed by atoms with E-state index >= 15 is 0 Å². The fourth-order valence-electron chi connectivity index (χ4n) is 2.27. The van der Waals surface area contributed by atoms with Crippen LogP contribution in [0.25, 0.3) is 0 Å². The molecule has 0 aromatic rings. The Morgan fingerprint density at radius 2 is 1.50 bits per heavy atom. The topological polar surface area (TPSA) is 37.4 Å². The zero-order valence-corrected chi connectivity index (χ0v) is 12.2. The minimum Gasteiger partial charge on any atom is -0.299 e. The molecule has 0 unspecified atom stereocenters. The Morgan fingerprint density at radius 1 is 1.00 bits per heavy atom. The van der Waals surface area contributed by atoms with E-state index in [0.29, 0.717) is 24.0 Å². The largest absolute Gasteiger partial charge is 0.299 e. The van der Waals surface area contributed by atoms with E-state index < -0.39 is 0 Å². The van der Waals surface area contributed by atoms with E-state index in [1.54, 1.807) is 0 Å². The Morgan fingerprint density at radius 3 is 1.94 bits per heavy atom. The van der Waals surface area contributed by atoms with E-state index in [4.69, 9.17) is 0 Å².